The normalized spacial score (nSPS) is 12.2. The van der Waals surface area contributed by atoms with Crippen LogP contribution in [-0.4, -0.2) is 14.1 Å². The van der Waals surface area contributed by atoms with Gasteiger partial charge in [-0.2, -0.15) is 18.2 Å². The molecule has 0 fully saturated rings. The Labute approximate surface area is 503 Å². The fraction of sp³-hybridized carbons (Fsp3) is 0.0649. The second-order valence-electron chi connectivity index (χ2n) is 21.8. The quantitative estimate of drug-likeness (QED) is 0.0956. The summed E-state index contributed by atoms with van der Waals surface area (Å²) in [7, 11) is 0. The zero-order valence-electron chi connectivity index (χ0n) is 48.9. The van der Waals surface area contributed by atoms with Crippen LogP contribution < -0.4 is 9.30 Å². The summed E-state index contributed by atoms with van der Waals surface area (Å²) in [6.45, 7) is 3.95. The van der Waals surface area contributed by atoms with Gasteiger partial charge in [0.15, 0.2) is 0 Å². The van der Waals surface area contributed by atoms with Crippen LogP contribution >= 0.6 is 0 Å². The maximum absolute atomic E-state index is 9.24. The topological polar surface area (TPSA) is 35.9 Å². The number of hydrogen-bond acceptors (Lipinski definition) is 2. The maximum atomic E-state index is 9.24. The molecule has 0 aliphatic rings. The van der Waals surface area contributed by atoms with Gasteiger partial charge in [0.05, 0.1) is 22.1 Å². The number of hydrogen-bond donors (Lipinski definition) is 0. The van der Waals surface area contributed by atoms with Crippen molar-refractivity contribution in [2.24, 2.45) is 6.98 Å². The summed E-state index contributed by atoms with van der Waals surface area (Å²) in [5, 5.41) is 2.10. The molecule has 3 heterocycles. The molecule has 0 radical (unpaired) electrons. The monoisotopic (exact) mass is 1250 g/mol. The van der Waals surface area contributed by atoms with Crippen molar-refractivity contribution in [1.82, 2.24) is 14.1 Å². The van der Waals surface area contributed by atoms with Gasteiger partial charge in [-0.1, -0.05) is 208 Å². The molecule has 0 aliphatic heterocycles. The summed E-state index contributed by atoms with van der Waals surface area (Å²) in [5.41, 5.74) is 18.5. The molecule has 402 valence electrons. The molecular formula is C77H56N4OPt-2. The number of pyridine rings is 1. The summed E-state index contributed by atoms with van der Waals surface area (Å²) >= 11 is 0. The summed E-state index contributed by atoms with van der Waals surface area (Å²) < 4.78 is 39.7. The third-order valence-corrected chi connectivity index (χ3v) is 15.5. The molecule has 0 saturated heterocycles. The van der Waals surface area contributed by atoms with Crippen LogP contribution in [0.3, 0.4) is 0 Å². The largest absolute Gasteiger partial charge is 0.510 e. The van der Waals surface area contributed by atoms with Crippen molar-refractivity contribution in [3.8, 4) is 101 Å². The predicted molar refractivity (Wildman–Crippen MR) is 336 cm³/mol. The first-order chi connectivity index (χ1) is 41.4. The standard InChI is InChI=1S/C77H56N4O.Pt/c1-77(2,3)62-40-41-78-74(48-62)81-71-36-18-17-32-68(71)69-39-38-65(50-73(69)81)82-64-31-19-30-63(49-64)80-51-79(4)76-70(35-21-37-72(76)80)75-66(60-44-56(52-22-9-5-10-23-52)42-57(45-60)53-24-11-6-12-25-53)33-20-34-67(75)61-46-58(54-26-13-7-14-27-54)43-59(47-61)55-28-15-8-16-29-55;/h5-48H,1-4H3;/q-2;/i4D3;. The van der Waals surface area contributed by atoms with Gasteiger partial charge in [-0.05, 0) is 149 Å². The van der Waals surface area contributed by atoms with E-state index in [-0.39, 0.29) is 26.5 Å². The number of aryl methyl sites for hydroxylation is 1. The molecule has 0 bridgehead atoms. The van der Waals surface area contributed by atoms with Crippen molar-refractivity contribution in [1.29, 1.82) is 0 Å². The number of para-hydroxylation sites is 2. The van der Waals surface area contributed by atoms with Crippen molar-refractivity contribution in [2.45, 2.75) is 26.2 Å². The first-order valence-electron chi connectivity index (χ1n) is 29.2. The number of nitrogens with zero attached hydrogens (tertiary/aromatic N) is 4. The second-order valence-corrected chi connectivity index (χ2v) is 21.8. The first kappa shape index (κ1) is 49.2. The van der Waals surface area contributed by atoms with Gasteiger partial charge in [-0.3, -0.25) is 0 Å². The molecule has 14 aromatic rings. The minimum Gasteiger partial charge on any atom is -0.510 e. The Kier molecular flexibility index (Phi) is 13.0. The Morgan fingerprint density at radius 2 is 0.940 bits per heavy atom. The van der Waals surface area contributed by atoms with Crippen LogP contribution in [0, 0.1) is 18.5 Å². The third kappa shape index (κ3) is 10.1. The molecule has 0 N–H and O–H groups in total. The Morgan fingerprint density at radius 1 is 0.446 bits per heavy atom. The molecule has 83 heavy (non-hydrogen) atoms. The Balaban J connectivity index is 0.00000686. The Bertz CT molecular complexity index is 4560. The first-order valence-corrected chi connectivity index (χ1v) is 27.7. The van der Waals surface area contributed by atoms with Gasteiger partial charge in [-0.25, -0.2) is 4.98 Å². The molecular weight excluding hydrogens is 1190 g/mol. The summed E-state index contributed by atoms with van der Waals surface area (Å²) in [6.07, 6.45) is 5.20. The second kappa shape index (κ2) is 22.0. The molecule has 0 aliphatic carbocycles. The van der Waals surface area contributed by atoms with Crippen molar-refractivity contribution in [3.63, 3.8) is 0 Å². The van der Waals surface area contributed by atoms with Gasteiger partial charge in [-0.15, -0.1) is 29.7 Å². The van der Waals surface area contributed by atoms with Crippen molar-refractivity contribution in [3.05, 3.63) is 291 Å². The number of aromatic nitrogens is 4. The van der Waals surface area contributed by atoms with Crippen LogP contribution in [-0.2, 0) is 33.5 Å². The van der Waals surface area contributed by atoms with Crippen LogP contribution in [0.15, 0.2) is 267 Å². The molecule has 0 saturated carbocycles. The van der Waals surface area contributed by atoms with Gasteiger partial charge in [0.2, 0.25) is 6.33 Å². The zero-order valence-corrected chi connectivity index (χ0v) is 48.2. The molecule has 3 aromatic heterocycles. The van der Waals surface area contributed by atoms with E-state index in [9.17, 15) is 4.11 Å². The van der Waals surface area contributed by atoms with Crippen LogP contribution in [0.4, 0.5) is 0 Å². The van der Waals surface area contributed by atoms with E-state index < -0.39 is 6.98 Å². The minimum atomic E-state index is -2.66. The molecule has 6 heteroatoms. The van der Waals surface area contributed by atoms with E-state index in [0.717, 1.165) is 106 Å². The van der Waals surface area contributed by atoms with E-state index in [2.05, 4.69) is 226 Å². The van der Waals surface area contributed by atoms with E-state index in [1.54, 1.807) is 4.57 Å². The Hall–Kier alpha value is -9.67. The SMILES string of the molecule is [2H]C([2H])([2H])[n+]1[c-]n(-c2[c-]c(Oc3[c-]c4c(cc3)c3ccccc3n4-c3cc(C(C)(C)C)ccn3)ccc2)c2cccc(-c3c(-c4cc(-c5ccccc5)cc(-c5ccccc5)c4)cccc3-c3cc(-c4ccccc4)cc(-c4ccccc4)c3)c21.[Pt]. The average Bonchev–Trinajstić information content (AvgIpc) is 2.63. The fourth-order valence-corrected chi connectivity index (χ4v) is 11.5. The van der Waals surface area contributed by atoms with E-state index in [4.69, 9.17) is 9.72 Å². The average molecular weight is 1250 g/mol. The number of fused-ring (bicyclic) bond motifs is 4. The van der Waals surface area contributed by atoms with E-state index >= 15 is 0 Å². The fourth-order valence-electron chi connectivity index (χ4n) is 11.5. The maximum Gasteiger partial charge on any atom is 0.242 e. The van der Waals surface area contributed by atoms with Gasteiger partial charge < -0.3 is 18.4 Å². The molecule has 11 aromatic carbocycles. The molecule has 0 amide bonds. The van der Waals surface area contributed by atoms with Gasteiger partial charge in [0, 0.05) is 44.3 Å². The number of ether oxygens (including phenoxy) is 1. The van der Waals surface area contributed by atoms with Gasteiger partial charge in [0.25, 0.3) is 0 Å². The number of rotatable bonds is 11. The molecule has 0 unspecified atom stereocenters. The molecule has 14 rings (SSSR count). The molecule has 0 atom stereocenters. The van der Waals surface area contributed by atoms with Crippen LogP contribution in [0.2, 0.25) is 0 Å². The molecule has 0 spiro atoms. The van der Waals surface area contributed by atoms with Crippen molar-refractivity contribution < 1.29 is 34.5 Å². The van der Waals surface area contributed by atoms with E-state index in [0.29, 0.717) is 28.2 Å². The van der Waals surface area contributed by atoms with Gasteiger partial charge >= 0.3 is 0 Å². The summed E-state index contributed by atoms with van der Waals surface area (Å²) in [4.78, 5) is 4.87. The Morgan fingerprint density at radius 3 is 1.51 bits per heavy atom. The van der Waals surface area contributed by atoms with Crippen LogP contribution in [0.25, 0.3) is 122 Å². The number of imidazole rings is 1. The van der Waals surface area contributed by atoms with Crippen molar-refractivity contribution in [2.75, 3.05) is 0 Å². The third-order valence-electron chi connectivity index (χ3n) is 15.5. The van der Waals surface area contributed by atoms with Crippen LogP contribution in [0.5, 0.6) is 11.5 Å². The van der Waals surface area contributed by atoms with Crippen LogP contribution in [0.1, 0.15) is 30.4 Å². The molecule has 5 nitrogen and oxygen atoms in total. The van der Waals surface area contributed by atoms with E-state index in [1.165, 1.54) is 10.1 Å². The predicted octanol–water partition coefficient (Wildman–Crippen LogP) is 19.1. The van der Waals surface area contributed by atoms with E-state index in [1.807, 2.05) is 85.1 Å². The zero-order chi connectivity index (χ0) is 57.8. The number of benzene rings is 11. The summed E-state index contributed by atoms with van der Waals surface area (Å²) in [6, 6.07) is 97.1. The smallest absolute Gasteiger partial charge is 0.242 e. The van der Waals surface area contributed by atoms with Gasteiger partial charge in [0.1, 0.15) is 5.82 Å². The van der Waals surface area contributed by atoms with Crippen molar-refractivity contribution >= 4 is 32.8 Å². The minimum absolute atomic E-state index is 0. The summed E-state index contributed by atoms with van der Waals surface area (Å²) in [5.74, 6) is 1.70.